The van der Waals surface area contributed by atoms with E-state index in [0.29, 0.717) is 0 Å². The number of rotatable bonds is 3. The molecule has 16 heavy (non-hydrogen) atoms. The Kier molecular flexibility index (Phi) is 3.73. The van der Waals surface area contributed by atoms with Gasteiger partial charge >= 0.3 is 0 Å². The van der Waals surface area contributed by atoms with Crippen LogP contribution >= 0.6 is 21.4 Å². The Balaban J connectivity index is 3.79. The molecule has 1 aromatic carbocycles. The van der Waals surface area contributed by atoms with E-state index in [1.54, 1.807) is 0 Å². The highest BCUT2D eigenvalue weighted by Crippen LogP contribution is 2.34. The van der Waals surface area contributed by atoms with E-state index in [2.05, 4.69) is 0 Å². The van der Waals surface area contributed by atoms with Gasteiger partial charge in [-0.05, 0) is 12.1 Å². The Morgan fingerprint density at radius 1 is 1.06 bits per heavy atom. The zero-order valence-corrected chi connectivity index (χ0v) is 11.0. The maximum atomic E-state index is 11.2. The third-order valence-corrected chi connectivity index (χ3v) is 4.53. The molecule has 0 heterocycles. The predicted octanol–water partition coefficient (Wildman–Crippen LogP) is 1.55. The summed E-state index contributed by atoms with van der Waals surface area (Å²) >= 11 is 0. The third-order valence-electron chi connectivity index (χ3n) is 1.67. The summed E-state index contributed by atoms with van der Waals surface area (Å²) in [6.45, 7) is 0. The second-order valence-corrected chi connectivity index (χ2v) is 7.70. The van der Waals surface area contributed by atoms with E-state index in [1.807, 2.05) is 0 Å². The van der Waals surface area contributed by atoms with E-state index in [1.165, 1.54) is 19.2 Å². The van der Waals surface area contributed by atoms with Crippen molar-refractivity contribution in [2.24, 2.45) is 0 Å². The molecule has 0 bridgehead atoms. The normalized spacial score (nSPS) is 12.4. The van der Waals surface area contributed by atoms with Crippen molar-refractivity contribution in [2.75, 3.05) is 7.11 Å². The average Bonchev–Trinajstić information content (AvgIpc) is 2.13. The first-order chi connectivity index (χ1) is 7.18. The summed E-state index contributed by atoms with van der Waals surface area (Å²) in [7, 11) is 2.90. The van der Waals surface area contributed by atoms with Crippen molar-refractivity contribution in [1.29, 1.82) is 0 Å². The molecule has 0 aromatic heterocycles. The molecule has 1 aromatic rings. The van der Waals surface area contributed by atoms with Crippen molar-refractivity contribution >= 4 is 39.5 Å². The van der Waals surface area contributed by atoms with Gasteiger partial charge < -0.3 is 4.74 Å². The SMILES string of the molecule is COc1cccc(S(=O)(=O)Cl)c1S(=O)(=O)Cl. The summed E-state index contributed by atoms with van der Waals surface area (Å²) in [5, 5.41) is 0. The van der Waals surface area contributed by atoms with Gasteiger partial charge in [0.05, 0.1) is 7.11 Å². The van der Waals surface area contributed by atoms with Crippen molar-refractivity contribution in [3.8, 4) is 5.75 Å². The molecule has 0 saturated carbocycles. The van der Waals surface area contributed by atoms with Crippen LogP contribution in [-0.2, 0) is 18.1 Å². The van der Waals surface area contributed by atoms with Gasteiger partial charge in [-0.15, -0.1) is 0 Å². The van der Waals surface area contributed by atoms with E-state index in [9.17, 15) is 16.8 Å². The molecule has 0 aliphatic rings. The maximum Gasteiger partial charge on any atom is 0.266 e. The van der Waals surface area contributed by atoms with Gasteiger partial charge in [-0.3, -0.25) is 0 Å². The van der Waals surface area contributed by atoms with Gasteiger partial charge in [0.25, 0.3) is 18.1 Å². The average molecular weight is 305 g/mol. The minimum absolute atomic E-state index is 0.184. The fraction of sp³-hybridized carbons (Fsp3) is 0.143. The highest BCUT2D eigenvalue weighted by atomic mass is 35.7. The summed E-state index contributed by atoms with van der Waals surface area (Å²) in [6, 6.07) is 3.58. The second kappa shape index (κ2) is 4.40. The first-order valence-electron chi connectivity index (χ1n) is 3.74. The smallest absolute Gasteiger partial charge is 0.266 e. The molecular weight excluding hydrogens is 299 g/mol. The Hall–Kier alpha value is -0.500. The lowest BCUT2D eigenvalue weighted by molar-refractivity contribution is 0.400. The Morgan fingerprint density at radius 3 is 2.00 bits per heavy atom. The van der Waals surface area contributed by atoms with Crippen molar-refractivity contribution in [3.63, 3.8) is 0 Å². The lowest BCUT2D eigenvalue weighted by Crippen LogP contribution is -2.03. The van der Waals surface area contributed by atoms with E-state index >= 15 is 0 Å². The molecule has 0 aliphatic heterocycles. The van der Waals surface area contributed by atoms with Crippen LogP contribution in [0.5, 0.6) is 5.75 Å². The topological polar surface area (TPSA) is 77.5 Å². The summed E-state index contributed by atoms with van der Waals surface area (Å²) in [4.78, 5) is -1.27. The van der Waals surface area contributed by atoms with Crippen LogP contribution in [0.25, 0.3) is 0 Å². The standard InChI is InChI=1S/C7H6Cl2O5S2/c1-14-5-3-2-4-6(15(8,10)11)7(5)16(9,12)13/h2-4H,1H3. The molecule has 1 rings (SSSR count). The van der Waals surface area contributed by atoms with Crippen molar-refractivity contribution in [1.82, 2.24) is 0 Å². The van der Waals surface area contributed by atoms with Crippen LogP contribution in [0.15, 0.2) is 28.0 Å². The molecule has 0 unspecified atom stereocenters. The van der Waals surface area contributed by atoms with Crippen molar-refractivity contribution < 1.29 is 21.6 Å². The second-order valence-electron chi connectivity index (χ2n) is 2.66. The molecule has 0 aliphatic carbocycles. The van der Waals surface area contributed by atoms with E-state index in [4.69, 9.17) is 26.1 Å². The predicted molar refractivity (Wildman–Crippen MR) is 59.1 cm³/mol. The Labute approximate surface area is 102 Å². The molecule has 0 saturated heterocycles. The lowest BCUT2D eigenvalue weighted by Gasteiger charge is -2.08. The number of benzene rings is 1. The minimum Gasteiger partial charge on any atom is -0.495 e. The molecule has 0 spiro atoms. The first-order valence-corrected chi connectivity index (χ1v) is 8.36. The number of halogens is 2. The van der Waals surface area contributed by atoms with Crippen LogP contribution in [-0.4, -0.2) is 23.9 Å². The summed E-state index contributed by atoms with van der Waals surface area (Å²) in [6.07, 6.45) is 0. The summed E-state index contributed by atoms with van der Waals surface area (Å²) in [5.41, 5.74) is 0. The molecule has 0 atom stereocenters. The first kappa shape index (κ1) is 13.6. The Bertz CT molecular complexity index is 606. The lowest BCUT2D eigenvalue weighted by atomic mass is 10.3. The quantitative estimate of drug-likeness (QED) is 0.792. The van der Waals surface area contributed by atoms with Gasteiger partial charge in [0.1, 0.15) is 15.5 Å². The molecule has 90 valence electrons. The number of hydrogen-bond donors (Lipinski definition) is 0. The number of hydrogen-bond acceptors (Lipinski definition) is 5. The molecule has 0 N–H and O–H groups in total. The molecular formula is C7H6Cl2O5S2. The summed E-state index contributed by atoms with van der Waals surface area (Å²) in [5.74, 6) is -0.184. The zero-order valence-electron chi connectivity index (χ0n) is 7.85. The molecule has 9 heteroatoms. The van der Waals surface area contributed by atoms with Gasteiger partial charge in [0.15, 0.2) is 0 Å². The van der Waals surface area contributed by atoms with Crippen LogP contribution in [0.4, 0.5) is 0 Å². The highest BCUT2D eigenvalue weighted by molar-refractivity contribution is 8.16. The molecule has 5 nitrogen and oxygen atoms in total. The van der Waals surface area contributed by atoms with Gasteiger partial charge in [-0.2, -0.15) is 0 Å². The fourth-order valence-electron chi connectivity index (χ4n) is 1.09. The monoisotopic (exact) mass is 304 g/mol. The Morgan fingerprint density at radius 2 is 1.62 bits per heavy atom. The highest BCUT2D eigenvalue weighted by Gasteiger charge is 2.27. The minimum atomic E-state index is -4.28. The fourth-order valence-corrected chi connectivity index (χ4v) is 4.15. The largest absolute Gasteiger partial charge is 0.495 e. The van der Waals surface area contributed by atoms with E-state index in [0.717, 1.165) is 6.07 Å². The van der Waals surface area contributed by atoms with E-state index < -0.39 is 27.9 Å². The van der Waals surface area contributed by atoms with Crippen LogP contribution in [0.2, 0.25) is 0 Å². The van der Waals surface area contributed by atoms with Crippen LogP contribution in [0.1, 0.15) is 0 Å². The van der Waals surface area contributed by atoms with E-state index in [-0.39, 0.29) is 5.75 Å². The van der Waals surface area contributed by atoms with Gasteiger partial charge in [0, 0.05) is 21.4 Å². The molecule has 0 amide bonds. The van der Waals surface area contributed by atoms with Crippen molar-refractivity contribution in [2.45, 2.75) is 9.79 Å². The van der Waals surface area contributed by atoms with Crippen LogP contribution in [0.3, 0.4) is 0 Å². The third kappa shape index (κ3) is 2.79. The van der Waals surface area contributed by atoms with Gasteiger partial charge in [0.2, 0.25) is 0 Å². The number of methoxy groups -OCH3 is 1. The van der Waals surface area contributed by atoms with Gasteiger partial charge in [-0.1, -0.05) is 6.07 Å². The van der Waals surface area contributed by atoms with Crippen molar-refractivity contribution in [3.05, 3.63) is 18.2 Å². The van der Waals surface area contributed by atoms with Gasteiger partial charge in [-0.25, -0.2) is 16.8 Å². The molecule has 0 radical (unpaired) electrons. The summed E-state index contributed by atoms with van der Waals surface area (Å²) < 4.78 is 49.5. The maximum absolute atomic E-state index is 11.2. The molecule has 0 fully saturated rings. The zero-order chi connectivity index (χ0) is 12.6. The van der Waals surface area contributed by atoms with Crippen LogP contribution < -0.4 is 4.74 Å². The number of ether oxygens (including phenoxy) is 1. The van der Waals surface area contributed by atoms with Crippen LogP contribution in [0, 0.1) is 0 Å².